The third kappa shape index (κ3) is 4.73. The van der Waals surface area contributed by atoms with Crippen LogP contribution in [0.25, 0.3) is 28.0 Å². The molecule has 2 aromatic heterocycles. The van der Waals surface area contributed by atoms with Crippen LogP contribution in [-0.2, 0) is 14.6 Å². The van der Waals surface area contributed by atoms with Gasteiger partial charge in [0.1, 0.15) is 5.82 Å². The quantitative estimate of drug-likeness (QED) is 0.402. The van der Waals surface area contributed by atoms with Gasteiger partial charge in [0.2, 0.25) is 5.91 Å². The zero-order valence-electron chi connectivity index (χ0n) is 19.1. The fraction of sp³-hybridized carbons (Fsp3) is 0.174. The average molecular weight is 497 g/mol. The molecular formula is C23H21FN6O4S. The van der Waals surface area contributed by atoms with Crippen LogP contribution in [0.15, 0.2) is 53.7 Å². The minimum absolute atomic E-state index is 0.0230. The zero-order chi connectivity index (χ0) is 25.5. The number of nitrogens with two attached hydrogens (primary N) is 1. The molecule has 0 aliphatic heterocycles. The SMILES string of the molecule is Cc1nn(-c2ncc(-c3cc(S(C)(=O)=O)ccc3F)cn2)c2cc(C(=O)N(C)CC(N)=O)ccc12. The van der Waals surface area contributed by atoms with Gasteiger partial charge in [-0.3, -0.25) is 9.59 Å². The minimum Gasteiger partial charge on any atom is -0.368 e. The maximum Gasteiger partial charge on any atom is 0.254 e. The highest BCUT2D eigenvalue weighted by Gasteiger charge is 2.18. The summed E-state index contributed by atoms with van der Waals surface area (Å²) < 4.78 is 39.6. The van der Waals surface area contributed by atoms with Gasteiger partial charge in [0.25, 0.3) is 11.9 Å². The van der Waals surface area contributed by atoms with Gasteiger partial charge in [0, 0.05) is 47.8 Å². The molecule has 2 amide bonds. The maximum absolute atomic E-state index is 14.4. The van der Waals surface area contributed by atoms with Crippen molar-refractivity contribution in [3.63, 3.8) is 0 Å². The number of fused-ring (bicyclic) bond motifs is 1. The zero-order valence-corrected chi connectivity index (χ0v) is 19.9. The molecule has 0 aliphatic carbocycles. The van der Waals surface area contributed by atoms with Gasteiger partial charge in [0.05, 0.1) is 22.7 Å². The number of benzene rings is 2. The minimum atomic E-state index is -3.53. The molecule has 0 saturated carbocycles. The summed E-state index contributed by atoms with van der Waals surface area (Å²) in [6.07, 6.45) is 3.77. The summed E-state index contributed by atoms with van der Waals surface area (Å²) in [7, 11) is -2.05. The second-order valence-corrected chi connectivity index (χ2v) is 10.1. The number of halogens is 1. The van der Waals surface area contributed by atoms with Gasteiger partial charge in [-0.05, 0) is 37.3 Å². The van der Waals surface area contributed by atoms with E-state index >= 15 is 0 Å². The van der Waals surface area contributed by atoms with Crippen LogP contribution in [0.4, 0.5) is 4.39 Å². The molecule has 0 aliphatic rings. The Morgan fingerprint density at radius 3 is 2.43 bits per heavy atom. The molecule has 0 fully saturated rings. The number of rotatable bonds is 6. The molecular weight excluding hydrogens is 475 g/mol. The largest absolute Gasteiger partial charge is 0.368 e. The summed E-state index contributed by atoms with van der Waals surface area (Å²) in [6, 6.07) is 8.49. The van der Waals surface area contributed by atoms with E-state index < -0.39 is 27.5 Å². The number of aromatic nitrogens is 4. The molecule has 0 spiro atoms. The molecule has 0 atom stereocenters. The smallest absolute Gasteiger partial charge is 0.254 e. The van der Waals surface area contributed by atoms with E-state index in [1.165, 1.54) is 41.2 Å². The second-order valence-electron chi connectivity index (χ2n) is 8.04. The summed E-state index contributed by atoms with van der Waals surface area (Å²) >= 11 is 0. The fourth-order valence-corrected chi connectivity index (χ4v) is 4.26. The number of hydrogen-bond acceptors (Lipinski definition) is 7. The van der Waals surface area contributed by atoms with E-state index in [-0.39, 0.29) is 28.5 Å². The molecule has 2 N–H and O–H groups in total. The van der Waals surface area contributed by atoms with Crippen molar-refractivity contribution in [3.8, 4) is 17.1 Å². The van der Waals surface area contributed by atoms with Crippen molar-refractivity contribution in [2.75, 3.05) is 19.8 Å². The summed E-state index contributed by atoms with van der Waals surface area (Å²) in [6.45, 7) is 1.57. The number of carbonyl (C=O) groups excluding carboxylic acids is 2. The number of aryl methyl sites for hydroxylation is 1. The van der Waals surface area contributed by atoms with Gasteiger partial charge in [0.15, 0.2) is 9.84 Å². The number of carbonyl (C=O) groups is 2. The number of primary amides is 1. The van der Waals surface area contributed by atoms with Crippen LogP contribution in [0.3, 0.4) is 0 Å². The summed E-state index contributed by atoms with van der Waals surface area (Å²) in [5, 5.41) is 5.22. The Morgan fingerprint density at radius 2 is 1.80 bits per heavy atom. The molecule has 0 bridgehead atoms. The lowest BCUT2D eigenvalue weighted by molar-refractivity contribution is -0.118. The number of likely N-dealkylation sites (N-methyl/N-ethyl adjacent to an activating group) is 1. The van der Waals surface area contributed by atoms with E-state index in [0.29, 0.717) is 16.8 Å². The van der Waals surface area contributed by atoms with Gasteiger partial charge < -0.3 is 10.6 Å². The molecule has 2 aromatic carbocycles. The summed E-state index contributed by atoms with van der Waals surface area (Å²) in [4.78, 5) is 33.6. The van der Waals surface area contributed by atoms with Crippen LogP contribution in [0, 0.1) is 12.7 Å². The van der Waals surface area contributed by atoms with Crippen LogP contribution in [0.1, 0.15) is 16.1 Å². The first-order valence-corrected chi connectivity index (χ1v) is 12.2. The molecule has 10 nitrogen and oxygen atoms in total. The Morgan fingerprint density at radius 1 is 1.11 bits per heavy atom. The molecule has 35 heavy (non-hydrogen) atoms. The lowest BCUT2D eigenvalue weighted by Crippen LogP contribution is -2.35. The highest BCUT2D eigenvalue weighted by molar-refractivity contribution is 7.90. The molecule has 2 heterocycles. The molecule has 4 rings (SSSR count). The van der Waals surface area contributed by atoms with Crippen molar-refractivity contribution in [3.05, 3.63) is 65.9 Å². The van der Waals surface area contributed by atoms with Gasteiger partial charge in [-0.1, -0.05) is 6.07 Å². The highest BCUT2D eigenvalue weighted by atomic mass is 32.2. The Bertz CT molecular complexity index is 1580. The average Bonchev–Trinajstić information content (AvgIpc) is 3.13. The van der Waals surface area contributed by atoms with Crippen molar-refractivity contribution in [1.82, 2.24) is 24.6 Å². The summed E-state index contributed by atoms with van der Waals surface area (Å²) in [5.74, 6) is -1.47. The van der Waals surface area contributed by atoms with Crippen LogP contribution in [0.2, 0.25) is 0 Å². The molecule has 12 heteroatoms. The number of amides is 2. The van der Waals surface area contributed by atoms with Crippen molar-refractivity contribution < 1.29 is 22.4 Å². The Balaban J connectivity index is 1.74. The first-order valence-electron chi connectivity index (χ1n) is 10.3. The van der Waals surface area contributed by atoms with Crippen LogP contribution in [0.5, 0.6) is 0 Å². The summed E-state index contributed by atoms with van der Waals surface area (Å²) in [5.41, 5.74) is 7.06. The first kappa shape index (κ1) is 24.0. The Labute approximate surface area is 200 Å². The fourth-order valence-electron chi connectivity index (χ4n) is 3.61. The van der Waals surface area contributed by atoms with E-state index in [0.717, 1.165) is 17.7 Å². The van der Waals surface area contributed by atoms with Crippen molar-refractivity contribution >= 4 is 32.6 Å². The molecule has 0 saturated heterocycles. The Hall–Kier alpha value is -4.19. The molecule has 0 radical (unpaired) electrons. The third-order valence-electron chi connectivity index (χ3n) is 5.36. The molecule has 0 unspecified atom stereocenters. The standard InChI is InChI=1S/C23H21FN6O4S/c1-13-17-6-4-14(22(32)29(2)12-21(25)31)8-20(17)30(28-13)23-26-10-15(11-27-23)18-9-16(35(3,33)34)5-7-19(18)24/h4-11H,12H2,1-3H3,(H2,25,31). The predicted molar refractivity (Wildman–Crippen MR) is 126 cm³/mol. The normalized spacial score (nSPS) is 11.5. The van der Waals surface area contributed by atoms with E-state index in [1.807, 2.05) is 0 Å². The van der Waals surface area contributed by atoms with E-state index in [9.17, 15) is 22.4 Å². The monoisotopic (exact) mass is 496 g/mol. The molecule has 180 valence electrons. The van der Waals surface area contributed by atoms with Crippen molar-refractivity contribution in [2.45, 2.75) is 11.8 Å². The van der Waals surface area contributed by atoms with Crippen LogP contribution < -0.4 is 5.73 Å². The number of nitrogens with zero attached hydrogens (tertiary/aromatic N) is 5. The van der Waals surface area contributed by atoms with E-state index in [4.69, 9.17) is 5.73 Å². The van der Waals surface area contributed by atoms with Crippen molar-refractivity contribution in [1.29, 1.82) is 0 Å². The lowest BCUT2D eigenvalue weighted by atomic mass is 10.1. The maximum atomic E-state index is 14.4. The topological polar surface area (TPSA) is 141 Å². The van der Waals surface area contributed by atoms with Crippen molar-refractivity contribution in [2.24, 2.45) is 5.73 Å². The lowest BCUT2D eigenvalue weighted by Gasteiger charge is -2.15. The predicted octanol–water partition coefficient (Wildman–Crippen LogP) is 1.89. The number of sulfone groups is 1. The van der Waals surface area contributed by atoms with E-state index in [1.54, 1.807) is 25.1 Å². The first-order chi connectivity index (χ1) is 16.5. The van der Waals surface area contributed by atoms with Gasteiger partial charge >= 0.3 is 0 Å². The second kappa shape index (κ2) is 8.87. The highest BCUT2D eigenvalue weighted by Crippen LogP contribution is 2.26. The van der Waals surface area contributed by atoms with E-state index in [2.05, 4.69) is 15.1 Å². The van der Waals surface area contributed by atoms with Gasteiger partial charge in [-0.2, -0.15) is 9.78 Å². The van der Waals surface area contributed by atoms with Gasteiger partial charge in [-0.25, -0.2) is 22.8 Å². The number of hydrogen-bond donors (Lipinski definition) is 1. The Kier molecular flexibility index (Phi) is 6.07. The third-order valence-corrected chi connectivity index (χ3v) is 6.47. The van der Waals surface area contributed by atoms with Crippen LogP contribution >= 0.6 is 0 Å². The van der Waals surface area contributed by atoms with Crippen LogP contribution in [-0.4, -0.2) is 64.7 Å². The van der Waals surface area contributed by atoms with Gasteiger partial charge in [-0.15, -0.1) is 0 Å². The molecule has 4 aromatic rings.